The van der Waals surface area contributed by atoms with Crippen LogP contribution in [0.4, 0.5) is 5.69 Å². The molecule has 1 aliphatic carbocycles. The van der Waals surface area contributed by atoms with Gasteiger partial charge in [0.25, 0.3) is 5.91 Å². The van der Waals surface area contributed by atoms with Crippen LogP contribution in [0.3, 0.4) is 0 Å². The molecule has 1 aromatic carbocycles. The van der Waals surface area contributed by atoms with Gasteiger partial charge in [-0.1, -0.05) is 18.9 Å². The SMILES string of the molecule is Cc1ccc(C(=O)N2CCCC3CCCCC32)c(NN)c1. The van der Waals surface area contributed by atoms with Gasteiger partial charge in [0.2, 0.25) is 0 Å². The van der Waals surface area contributed by atoms with Crippen molar-refractivity contribution in [2.24, 2.45) is 11.8 Å². The number of fused-ring (bicyclic) bond motifs is 1. The molecule has 2 unspecified atom stereocenters. The maximum absolute atomic E-state index is 13.0. The van der Waals surface area contributed by atoms with Crippen LogP contribution >= 0.6 is 0 Å². The highest BCUT2D eigenvalue weighted by atomic mass is 16.2. The minimum atomic E-state index is 0.138. The zero-order valence-corrected chi connectivity index (χ0v) is 12.8. The van der Waals surface area contributed by atoms with Crippen LogP contribution in [0.1, 0.15) is 54.4 Å². The van der Waals surface area contributed by atoms with Gasteiger partial charge in [0.05, 0.1) is 11.3 Å². The third kappa shape index (κ3) is 2.77. The number of rotatable bonds is 2. The molecule has 4 heteroatoms. The first-order chi connectivity index (χ1) is 10.2. The van der Waals surface area contributed by atoms with Gasteiger partial charge in [0.1, 0.15) is 0 Å². The van der Waals surface area contributed by atoms with E-state index in [1.54, 1.807) is 0 Å². The summed E-state index contributed by atoms with van der Waals surface area (Å²) >= 11 is 0. The zero-order chi connectivity index (χ0) is 14.8. The molecule has 1 amide bonds. The van der Waals surface area contributed by atoms with Crippen LogP contribution in [0.15, 0.2) is 18.2 Å². The van der Waals surface area contributed by atoms with Crippen molar-refractivity contribution in [1.82, 2.24) is 4.90 Å². The van der Waals surface area contributed by atoms with Crippen molar-refractivity contribution >= 4 is 11.6 Å². The maximum Gasteiger partial charge on any atom is 0.256 e. The van der Waals surface area contributed by atoms with Gasteiger partial charge < -0.3 is 10.3 Å². The minimum Gasteiger partial charge on any atom is -0.335 e. The Morgan fingerprint density at radius 1 is 1.24 bits per heavy atom. The Hall–Kier alpha value is -1.55. The molecule has 1 heterocycles. The predicted octanol–water partition coefficient (Wildman–Crippen LogP) is 3.08. The second kappa shape index (κ2) is 6.06. The number of anilines is 1. The second-order valence-corrected chi connectivity index (χ2v) is 6.45. The molecule has 2 aliphatic rings. The Balaban J connectivity index is 1.87. The lowest BCUT2D eigenvalue weighted by molar-refractivity contribution is 0.0391. The summed E-state index contributed by atoms with van der Waals surface area (Å²) in [6, 6.07) is 6.26. The quantitative estimate of drug-likeness (QED) is 0.649. The summed E-state index contributed by atoms with van der Waals surface area (Å²) < 4.78 is 0. The number of hydrazine groups is 1. The number of hydrogen-bond donors (Lipinski definition) is 2. The Labute approximate surface area is 126 Å². The van der Waals surface area contributed by atoms with Crippen LogP contribution in [0.2, 0.25) is 0 Å². The third-order valence-electron chi connectivity index (χ3n) is 5.07. The van der Waals surface area contributed by atoms with Gasteiger partial charge in [-0.15, -0.1) is 0 Å². The first-order valence-corrected chi connectivity index (χ1v) is 8.09. The van der Waals surface area contributed by atoms with E-state index in [1.165, 1.54) is 25.7 Å². The molecule has 0 spiro atoms. The van der Waals surface area contributed by atoms with Crippen LogP contribution in [0, 0.1) is 12.8 Å². The molecule has 0 radical (unpaired) electrons. The lowest BCUT2D eigenvalue weighted by Gasteiger charge is -2.44. The van der Waals surface area contributed by atoms with E-state index in [9.17, 15) is 4.79 Å². The van der Waals surface area contributed by atoms with Crippen LogP contribution < -0.4 is 11.3 Å². The van der Waals surface area contributed by atoms with Crippen molar-refractivity contribution in [2.45, 2.75) is 51.5 Å². The fraction of sp³-hybridized carbons (Fsp3) is 0.588. The van der Waals surface area contributed by atoms with Crippen molar-refractivity contribution in [3.05, 3.63) is 29.3 Å². The average Bonchev–Trinajstić information content (AvgIpc) is 2.53. The number of hydrogen-bond acceptors (Lipinski definition) is 3. The Kier molecular flexibility index (Phi) is 4.15. The molecule has 2 atom stereocenters. The summed E-state index contributed by atoms with van der Waals surface area (Å²) in [5, 5.41) is 0. The molecule has 1 saturated carbocycles. The summed E-state index contributed by atoms with van der Waals surface area (Å²) in [6.45, 7) is 2.89. The fourth-order valence-corrected chi connectivity index (χ4v) is 4.00. The standard InChI is InChI=1S/C17H25N3O/c1-12-8-9-14(15(11-12)19-18)17(21)20-10-4-6-13-5-2-3-7-16(13)20/h8-9,11,13,16,19H,2-7,10,18H2,1H3. The highest BCUT2D eigenvalue weighted by Crippen LogP contribution is 2.36. The molecule has 0 bridgehead atoms. The normalized spacial score (nSPS) is 25.3. The van der Waals surface area contributed by atoms with E-state index in [4.69, 9.17) is 5.84 Å². The Morgan fingerprint density at radius 3 is 2.81 bits per heavy atom. The number of benzene rings is 1. The van der Waals surface area contributed by atoms with Crippen LogP contribution in [-0.4, -0.2) is 23.4 Å². The number of carbonyl (C=O) groups excluding carboxylic acids is 1. The highest BCUT2D eigenvalue weighted by molar-refractivity contribution is 6.00. The van der Waals surface area contributed by atoms with Gasteiger partial charge in [0.15, 0.2) is 0 Å². The number of piperidine rings is 1. The highest BCUT2D eigenvalue weighted by Gasteiger charge is 2.36. The summed E-state index contributed by atoms with van der Waals surface area (Å²) in [5.74, 6) is 6.44. The summed E-state index contributed by atoms with van der Waals surface area (Å²) in [5.41, 5.74) is 5.22. The van der Waals surface area contributed by atoms with Gasteiger partial charge in [0, 0.05) is 12.6 Å². The van der Waals surface area contributed by atoms with E-state index >= 15 is 0 Å². The van der Waals surface area contributed by atoms with Gasteiger partial charge in [-0.3, -0.25) is 10.6 Å². The smallest absolute Gasteiger partial charge is 0.256 e. The maximum atomic E-state index is 13.0. The molecule has 0 aromatic heterocycles. The largest absolute Gasteiger partial charge is 0.335 e. The van der Waals surface area contributed by atoms with E-state index < -0.39 is 0 Å². The Morgan fingerprint density at radius 2 is 2.00 bits per heavy atom. The molecule has 2 fully saturated rings. The van der Waals surface area contributed by atoms with E-state index in [2.05, 4.69) is 10.3 Å². The van der Waals surface area contributed by atoms with Crippen molar-refractivity contribution in [1.29, 1.82) is 0 Å². The summed E-state index contributed by atoms with van der Waals surface area (Å²) in [7, 11) is 0. The number of amides is 1. The molecule has 114 valence electrons. The van der Waals surface area contributed by atoms with Gasteiger partial charge in [-0.2, -0.15) is 0 Å². The molecule has 1 aromatic rings. The van der Waals surface area contributed by atoms with Crippen molar-refractivity contribution < 1.29 is 4.79 Å². The van der Waals surface area contributed by atoms with Crippen molar-refractivity contribution in [2.75, 3.05) is 12.0 Å². The molecule has 1 aliphatic heterocycles. The summed E-state index contributed by atoms with van der Waals surface area (Å²) in [6.07, 6.45) is 7.43. The van der Waals surface area contributed by atoms with E-state index in [-0.39, 0.29) is 5.91 Å². The zero-order valence-electron chi connectivity index (χ0n) is 12.8. The van der Waals surface area contributed by atoms with Crippen molar-refractivity contribution in [3.8, 4) is 0 Å². The number of carbonyl (C=O) groups is 1. The fourth-order valence-electron chi connectivity index (χ4n) is 4.00. The van der Waals surface area contributed by atoms with Crippen LogP contribution in [0.25, 0.3) is 0 Å². The van der Waals surface area contributed by atoms with Crippen molar-refractivity contribution in [3.63, 3.8) is 0 Å². The number of nitrogens with one attached hydrogen (secondary N) is 1. The molecular formula is C17H25N3O. The molecule has 1 saturated heterocycles. The van der Waals surface area contributed by atoms with E-state index in [0.29, 0.717) is 17.5 Å². The predicted molar refractivity (Wildman–Crippen MR) is 85.0 cm³/mol. The topological polar surface area (TPSA) is 58.4 Å². The minimum absolute atomic E-state index is 0.138. The molecule has 4 nitrogen and oxygen atoms in total. The van der Waals surface area contributed by atoms with Gasteiger partial charge in [-0.05, 0) is 56.2 Å². The number of nitrogens with zero attached hydrogens (tertiary/aromatic N) is 1. The Bertz CT molecular complexity index is 527. The molecule has 21 heavy (non-hydrogen) atoms. The lowest BCUT2D eigenvalue weighted by Crippen LogP contribution is -2.49. The van der Waals surface area contributed by atoms with Gasteiger partial charge in [-0.25, -0.2) is 0 Å². The van der Waals surface area contributed by atoms with Crippen LogP contribution in [-0.2, 0) is 0 Å². The second-order valence-electron chi connectivity index (χ2n) is 6.45. The number of nitrogens with two attached hydrogens (primary N) is 1. The molecular weight excluding hydrogens is 262 g/mol. The number of nitrogen functional groups attached to an aromatic ring is 1. The monoisotopic (exact) mass is 287 g/mol. The van der Waals surface area contributed by atoms with Crippen LogP contribution in [0.5, 0.6) is 0 Å². The molecule has 3 N–H and O–H groups in total. The number of likely N-dealkylation sites (tertiary alicyclic amines) is 1. The number of aryl methyl sites for hydroxylation is 1. The third-order valence-corrected chi connectivity index (χ3v) is 5.07. The van der Waals surface area contributed by atoms with Gasteiger partial charge >= 0.3 is 0 Å². The summed E-state index contributed by atoms with van der Waals surface area (Å²) in [4.78, 5) is 15.1. The van der Waals surface area contributed by atoms with E-state index in [1.807, 2.05) is 25.1 Å². The van der Waals surface area contributed by atoms with E-state index in [0.717, 1.165) is 30.6 Å². The first kappa shape index (κ1) is 14.4. The molecule has 3 rings (SSSR count). The lowest BCUT2D eigenvalue weighted by atomic mass is 9.78. The first-order valence-electron chi connectivity index (χ1n) is 8.09. The average molecular weight is 287 g/mol.